The molecule has 0 atom stereocenters. The van der Waals surface area contributed by atoms with E-state index < -0.39 is 5.97 Å². The van der Waals surface area contributed by atoms with Crippen molar-refractivity contribution in [3.63, 3.8) is 0 Å². The number of para-hydroxylation sites is 1. The highest BCUT2D eigenvalue weighted by Gasteiger charge is 2.14. The highest BCUT2D eigenvalue weighted by atomic mass is 79.9. The second-order valence-corrected chi connectivity index (χ2v) is 5.12. The Balaban J connectivity index is 2.42. The number of carboxylic acids is 1. The van der Waals surface area contributed by atoms with Crippen molar-refractivity contribution in [3.05, 3.63) is 57.6 Å². The molecule has 98 valence electrons. The van der Waals surface area contributed by atoms with E-state index in [1.54, 1.807) is 12.1 Å². The van der Waals surface area contributed by atoms with Crippen LogP contribution in [0.5, 0.6) is 11.5 Å². The summed E-state index contributed by atoms with van der Waals surface area (Å²) < 4.78 is 6.72. The monoisotopic (exact) mass is 320 g/mol. The van der Waals surface area contributed by atoms with Gasteiger partial charge in [-0.1, -0.05) is 28.1 Å². The van der Waals surface area contributed by atoms with Crippen LogP contribution in [0.15, 0.2) is 40.9 Å². The summed E-state index contributed by atoms with van der Waals surface area (Å²) in [5, 5.41) is 9.18. The van der Waals surface area contributed by atoms with E-state index in [0.717, 1.165) is 15.6 Å². The maximum atomic E-state index is 11.2. The van der Waals surface area contributed by atoms with Crippen LogP contribution in [0.2, 0.25) is 0 Å². The molecule has 0 amide bonds. The van der Waals surface area contributed by atoms with Gasteiger partial charge in [0.25, 0.3) is 0 Å². The third-order valence-corrected chi connectivity index (χ3v) is 3.68. The number of hydrogen-bond donors (Lipinski definition) is 1. The molecule has 0 aliphatic carbocycles. The largest absolute Gasteiger partial charge is 0.478 e. The Kier molecular flexibility index (Phi) is 3.90. The van der Waals surface area contributed by atoms with Crippen LogP contribution >= 0.6 is 15.9 Å². The molecule has 0 aliphatic rings. The molecule has 0 fully saturated rings. The maximum Gasteiger partial charge on any atom is 0.339 e. The zero-order chi connectivity index (χ0) is 14.0. The minimum atomic E-state index is -0.993. The molecule has 1 N–H and O–H groups in total. The van der Waals surface area contributed by atoms with Crippen molar-refractivity contribution in [1.82, 2.24) is 0 Å². The van der Waals surface area contributed by atoms with Crippen LogP contribution in [-0.2, 0) is 0 Å². The molecule has 0 aromatic heterocycles. The number of aromatic carboxylic acids is 1. The van der Waals surface area contributed by atoms with Gasteiger partial charge in [0.05, 0.1) is 0 Å². The van der Waals surface area contributed by atoms with Gasteiger partial charge in [0.15, 0.2) is 0 Å². The number of carboxylic acid groups (broad SMARTS) is 1. The van der Waals surface area contributed by atoms with Crippen LogP contribution in [0.4, 0.5) is 0 Å². The average Bonchev–Trinajstić information content (AvgIpc) is 2.36. The Morgan fingerprint density at radius 2 is 1.89 bits per heavy atom. The van der Waals surface area contributed by atoms with E-state index in [4.69, 9.17) is 4.74 Å². The van der Waals surface area contributed by atoms with Crippen molar-refractivity contribution in [3.8, 4) is 11.5 Å². The van der Waals surface area contributed by atoms with E-state index in [1.165, 1.54) is 6.07 Å². The van der Waals surface area contributed by atoms with Crippen molar-refractivity contribution in [2.45, 2.75) is 13.8 Å². The third-order valence-electron chi connectivity index (χ3n) is 2.79. The second-order valence-electron chi connectivity index (χ2n) is 4.27. The van der Waals surface area contributed by atoms with Gasteiger partial charge in [0.1, 0.15) is 17.1 Å². The lowest BCUT2D eigenvalue weighted by Crippen LogP contribution is -2.01. The molecule has 0 saturated heterocycles. The smallest absolute Gasteiger partial charge is 0.339 e. The fraction of sp³-hybridized carbons (Fsp3) is 0.133. The van der Waals surface area contributed by atoms with Gasteiger partial charge >= 0.3 is 5.97 Å². The number of aryl methyl sites for hydroxylation is 2. The Labute approximate surface area is 120 Å². The van der Waals surface area contributed by atoms with Crippen LogP contribution in [0, 0.1) is 13.8 Å². The number of carbonyl (C=O) groups is 1. The zero-order valence-corrected chi connectivity index (χ0v) is 12.2. The summed E-state index contributed by atoms with van der Waals surface area (Å²) in [6.07, 6.45) is 0. The lowest BCUT2D eigenvalue weighted by molar-refractivity contribution is 0.0694. The van der Waals surface area contributed by atoms with Gasteiger partial charge in [-0.2, -0.15) is 0 Å². The Bertz CT molecular complexity index is 635. The molecular formula is C15H13BrO3. The van der Waals surface area contributed by atoms with E-state index in [1.807, 2.05) is 32.0 Å². The summed E-state index contributed by atoms with van der Waals surface area (Å²) >= 11 is 3.42. The Morgan fingerprint density at radius 3 is 2.53 bits per heavy atom. The predicted octanol–water partition coefficient (Wildman–Crippen LogP) is 4.56. The number of halogens is 1. The van der Waals surface area contributed by atoms with Gasteiger partial charge < -0.3 is 9.84 Å². The van der Waals surface area contributed by atoms with Crippen LogP contribution in [-0.4, -0.2) is 11.1 Å². The summed E-state index contributed by atoms with van der Waals surface area (Å²) in [4.78, 5) is 11.2. The third kappa shape index (κ3) is 2.96. The molecule has 0 heterocycles. The van der Waals surface area contributed by atoms with Gasteiger partial charge in [-0.05, 0) is 49.2 Å². The average molecular weight is 321 g/mol. The molecule has 4 heteroatoms. The van der Waals surface area contributed by atoms with Crippen molar-refractivity contribution in [2.24, 2.45) is 0 Å². The molecule has 0 aliphatic heterocycles. The molecule has 2 aromatic carbocycles. The Hall–Kier alpha value is -1.81. The molecule has 3 nitrogen and oxygen atoms in total. The molecular weight excluding hydrogens is 308 g/mol. The highest BCUT2D eigenvalue weighted by Crippen LogP contribution is 2.31. The molecule has 0 spiro atoms. The van der Waals surface area contributed by atoms with Crippen molar-refractivity contribution in [1.29, 1.82) is 0 Å². The predicted molar refractivity (Wildman–Crippen MR) is 77.1 cm³/mol. The molecule has 0 radical (unpaired) electrons. The first-order valence-electron chi connectivity index (χ1n) is 5.76. The lowest BCUT2D eigenvalue weighted by Gasteiger charge is -2.12. The fourth-order valence-electron chi connectivity index (χ4n) is 1.75. The molecule has 0 saturated carbocycles. The normalized spacial score (nSPS) is 10.3. The quantitative estimate of drug-likeness (QED) is 0.902. The fourth-order valence-corrected chi connectivity index (χ4v) is 2.00. The molecule has 2 aromatic rings. The summed E-state index contributed by atoms with van der Waals surface area (Å²) in [6, 6.07) is 10.6. The van der Waals surface area contributed by atoms with Crippen molar-refractivity contribution < 1.29 is 14.6 Å². The van der Waals surface area contributed by atoms with E-state index in [2.05, 4.69) is 15.9 Å². The van der Waals surface area contributed by atoms with E-state index in [-0.39, 0.29) is 5.56 Å². The number of rotatable bonds is 3. The van der Waals surface area contributed by atoms with Crippen LogP contribution in [0.3, 0.4) is 0 Å². The standard InChI is InChI=1S/C15H13BrO3/c1-9-4-3-5-12(15(17)18)14(9)19-11-6-7-13(16)10(2)8-11/h3-8H,1-2H3,(H,17,18). The minimum absolute atomic E-state index is 0.167. The first-order chi connectivity index (χ1) is 8.99. The first-order valence-corrected chi connectivity index (χ1v) is 6.55. The van der Waals surface area contributed by atoms with E-state index in [0.29, 0.717) is 11.5 Å². The second kappa shape index (κ2) is 5.45. The summed E-state index contributed by atoms with van der Waals surface area (Å²) in [5.41, 5.74) is 1.99. The lowest BCUT2D eigenvalue weighted by atomic mass is 10.1. The highest BCUT2D eigenvalue weighted by molar-refractivity contribution is 9.10. The molecule has 19 heavy (non-hydrogen) atoms. The van der Waals surface area contributed by atoms with Gasteiger partial charge in [0.2, 0.25) is 0 Å². The van der Waals surface area contributed by atoms with E-state index in [9.17, 15) is 9.90 Å². The molecule has 0 bridgehead atoms. The number of hydrogen-bond acceptors (Lipinski definition) is 2. The van der Waals surface area contributed by atoms with Gasteiger partial charge in [0, 0.05) is 4.47 Å². The van der Waals surface area contributed by atoms with Gasteiger partial charge in [-0.3, -0.25) is 0 Å². The van der Waals surface area contributed by atoms with Crippen LogP contribution < -0.4 is 4.74 Å². The Morgan fingerprint density at radius 1 is 1.16 bits per heavy atom. The van der Waals surface area contributed by atoms with Crippen LogP contribution in [0.25, 0.3) is 0 Å². The maximum absolute atomic E-state index is 11.2. The minimum Gasteiger partial charge on any atom is -0.478 e. The van der Waals surface area contributed by atoms with Gasteiger partial charge in [-0.15, -0.1) is 0 Å². The summed E-state index contributed by atoms with van der Waals surface area (Å²) in [7, 11) is 0. The first kappa shape index (κ1) is 13.6. The topological polar surface area (TPSA) is 46.5 Å². The van der Waals surface area contributed by atoms with E-state index >= 15 is 0 Å². The SMILES string of the molecule is Cc1cc(Oc2c(C)cccc2C(=O)O)ccc1Br. The summed E-state index contributed by atoms with van der Waals surface area (Å²) in [5.74, 6) is 0.0155. The van der Waals surface area contributed by atoms with Gasteiger partial charge in [-0.25, -0.2) is 4.79 Å². The molecule has 2 rings (SSSR count). The number of ether oxygens (including phenoxy) is 1. The van der Waals surface area contributed by atoms with Crippen molar-refractivity contribution >= 4 is 21.9 Å². The zero-order valence-electron chi connectivity index (χ0n) is 10.6. The summed E-state index contributed by atoms with van der Waals surface area (Å²) in [6.45, 7) is 3.78. The molecule has 0 unspecified atom stereocenters. The number of benzene rings is 2. The van der Waals surface area contributed by atoms with Crippen LogP contribution in [0.1, 0.15) is 21.5 Å². The van der Waals surface area contributed by atoms with Crippen molar-refractivity contribution in [2.75, 3.05) is 0 Å².